The minimum atomic E-state index is -0.466. The van der Waals surface area contributed by atoms with Crippen LogP contribution >= 0.6 is 22.6 Å². The SMILES string of the molecule is Cc1cc(Nc2ccc([N+](=O)[O-])cn2)ccc1I. The lowest BCUT2D eigenvalue weighted by atomic mass is 10.2. The molecule has 0 saturated carbocycles. The Labute approximate surface area is 118 Å². The van der Waals surface area contributed by atoms with E-state index in [0.29, 0.717) is 5.82 Å². The fourth-order valence-corrected chi connectivity index (χ4v) is 1.77. The van der Waals surface area contributed by atoms with E-state index in [2.05, 4.69) is 32.9 Å². The maximum Gasteiger partial charge on any atom is 0.287 e. The molecule has 1 aromatic carbocycles. The summed E-state index contributed by atoms with van der Waals surface area (Å²) < 4.78 is 1.19. The van der Waals surface area contributed by atoms with Gasteiger partial charge in [0.2, 0.25) is 0 Å². The molecule has 2 rings (SSSR count). The number of nitro groups is 1. The van der Waals surface area contributed by atoms with Crippen molar-refractivity contribution >= 4 is 39.8 Å². The number of aromatic nitrogens is 1. The van der Waals surface area contributed by atoms with Gasteiger partial charge in [0.05, 0.1) is 4.92 Å². The summed E-state index contributed by atoms with van der Waals surface area (Å²) in [5.74, 6) is 0.584. The average molecular weight is 355 g/mol. The first-order valence-corrected chi connectivity index (χ1v) is 6.28. The number of anilines is 2. The van der Waals surface area contributed by atoms with Crippen LogP contribution in [0.5, 0.6) is 0 Å². The van der Waals surface area contributed by atoms with Crippen LogP contribution in [0.2, 0.25) is 0 Å². The van der Waals surface area contributed by atoms with E-state index < -0.39 is 4.92 Å². The maximum atomic E-state index is 10.5. The van der Waals surface area contributed by atoms with Gasteiger partial charge >= 0.3 is 0 Å². The number of hydrogen-bond donors (Lipinski definition) is 1. The van der Waals surface area contributed by atoms with Crippen molar-refractivity contribution in [2.45, 2.75) is 6.92 Å². The molecule has 0 atom stereocenters. The van der Waals surface area contributed by atoms with Crippen molar-refractivity contribution in [3.63, 3.8) is 0 Å². The van der Waals surface area contributed by atoms with Gasteiger partial charge in [-0.3, -0.25) is 10.1 Å². The zero-order chi connectivity index (χ0) is 13.1. The molecule has 0 fully saturated rings. The fraction of sp³-hybridized carbons (Fsp3) is 0.0833. The molecular weight excluding hydrogens is 345 g/mol. The lowest BCUT2D eigenvalue weighted by Crippen LogP contribution is -1.95. The zero-order valence-electron chi connectivity index (χ0n) is 9.55. The molecular formula is C12H10IN3O2. The molecule has 0 aliphatic rings. The minimum Gasteiger partial charge on any atom is -0.340 e. The molecule has 6 heteroatoms. The predicted molar refractivity (Wildman–Crippen MR) is 78.1 cm³/mol. The van der Waals surface area contributed by atoms with Crippen LogP contribution in [-0.4, -0.2) is 9.91 Å². The van der Waals surface area contributed by atoms with Crippen LogP contribution in [0.4, 0.5) is 17.2 Å². The largest absolute Gasteiger partial charge is 0.340 e. The molecule has 0 unspecified atom stereocenters. The van der Waals surface area contributed by atoms with Crippen molar-refractivity contribution in [3.05, 3.63) is 55.8 Å². The number of nitrogens with zero attached hydrogens (tertiary/aromatic N) is 2. The molecule has 1 aromatic heterocycles. The minimum absolute atomic E-state index is 0.0145. The van der Waals surface area contributed by atoms with Crippen molar-refractivity contribution in [1.82, 2.24) is 4.98 Å². The third kappa shape index (κ3) is 2.95. The summed E-state index contributed by atoms with van der Waals surface area (Å²) in [6.07, 6.45) is 1.24. The number of halogens is 1. The molecule has 0 radical (unpaired) electrons. The highest BCUT2D eigenvalue weighted by Gasteiger charge is 2.05. The first kappa shape index (κ1) is 12.7. The van der Waals surface area contributed by atoms with Crippen LogP contribution in [0.15, 0.2) is 36.5 Å². The second-order valence-electron chi connectivity index (χ2n) is 3.75. The number of pyridine rings is 1. The molecule has 0 amide bonds. The Morgan fingerprint density at radius 2 is 2.11 bits per heavy atom. The summed E-state index contributed by atoms with van der Waals surface area (Å²) >= 11 is 2.27. The topological polar surface area (TPSA) is 68.1 Å². The number of benzene rings is 1. The first-order valence-electron chi connectivity index (χ1n) is 5.20. The molecule has 18 heavy (non-hydrogen) atoms. The quantitative estimate of drug-likeness (QED) is 0.519. The van der Waals surface area contributed by atoms with Crippen LogP contribution in [0.25, 0.3) is 0 Å². The molecule has 0 saturated heterocycles. The number of rotatable bonds is 3. The summed E-state index contributed by atoms with van der Waals surface area (Å²) in [6.45, 7) is 2.02. The number of hydrogen-bond acceptors (Lipinski definition) is 4. The first-order chi connectivity index (χ1) is 8.56. The Bertz CT molecular complexity index is 584. The van der Waals surface area contributed by atoms with Gasteiger partial charge in [-0.05, 0) is 59.3 Å². The Kier molecular flexibility index (Phi) is 3.75. The third-order valence-corrected chi connectivity index (χ3v) is 3.60. The second-order valence-corrected chi connectivity index (χ2v) is 4.91. The summed E-state index contributed by atoms with van der Waals surface area (Å²) in [5.41, 5.74) is 2.07. The summed E-state index contributed by atoms with van der Waals surface area (Å²) in [4.78, 5) is 14.0. The van der Waals surface area contributed by atoms with E-state index >= 15 is 0 Å². The zero-order valence-corrected chi connectivity index (χ0v) is 11.7. The average Bonchev–Trinajstić information content (AvgIpc) is 2.34. The Morgan fingerprint density at radius 3 is 2.67 bits per heavy atom. The summed E-state index contributed by atoms with van der Waals surface area (Å²) in [5, 5.41) is 13.6. The molecule has 0 aliphatic heterocycles. The lowest BCUT2D eigenvalue weighted by Gasteiger charge is -2.07. The van der Waals surface area contributed by atoms with Crippen molar-refractivity contribution < 1.29 is 4.92 Å². The molecule has 0 aliphatic carbocycles. The molecule has 0 bridgehead atoms. The van der Waals surface area contributed by atoms with Gasteiger partial charge in [0, 0.05) is 15.3 Å². The van der Waals surface area contributed by atoms with Gasteiger partial charge in [-0.2, -0.15) is 0 Å². The Morgan fingerprint density at radius 1 is 1.33 bits per heavy atom. The van der Waals surface area contributed by atoms with E-state index in [0.717, 1.165) is 5.69 Å². The Hall–Kier alpha value is -1.70. The molecule has 0 spiro atoms. The Balaban J connectivity index is 2.18. The standard InChI is InChI=1S/C12H10IN3O2/c1-8-6-9(2-4-11(8)13)15-12-5-3-10(7-14-12)16(17)18/h2-7H,1H3,(H,14,15). The highest BCUT2D eigenvalue weighted by Crippen LogP contribution is 2.20. The summed E-state index contributed by atoms with van der Waals surface area (Å²) in [6, 6.07) is 8.96. The van der Waals surface area contributed by atoms with Crippen molar-refractivity contribution in [1.29, 1.82) is 0 Å². The maximum absolute atomic E-state index is 10.5. The normalized spacial score (nSPS) is 10.1. The van der Waals surface area contributed by atoms with Gasteiger partial charge in [0.15, 0.2) is 0 Å². The van der Waals surface area contributed by atoms with Gasteiger partial charge in [-0.25, -0.2) is 4.98 Å². The fourth-order valence-electron chi connectivity index (χ4n) is 1.44. The van der Waals surface area contributed by atoms with E-state index in [1.807, 2.05) is 25.1 Å². The van der Waals surface area contributed by atoms with Crippen LogP contribution < -0.4 is 5.32 Å². The second kappa shape index (κ2) is 5.30. The van der Waals surface area contributed by atoms with Crippen molar-refractivity contribution in [3.8, 4) is 0 Å². The highest BCUT2D eigenvalue weighted by molar-refractivity contribution is 14.1. The van der Waals surface area contributed by atoms with Crippen molar-refractivity contribution in [2.75, 3.05) is 5.32 Å². The van der Waals surface area contributed by atoms with Crippen LogP contribution in [-0.2, 0) is 0 Å². The third-order valence-electron chi connectivity index (χ3n) is 2.39. The highest BCUT2D eigenvalue weighted by atomic mass is 127. The van der Waals surface area contributed by atoms with Gasteiger partial charge < -0.3 is 5.32 Å². The van der Waals surface area contributed by atoms with Crippen LogP contribution in [0.1, 0.15) is 5.56 Å². The lowest BCUT2D eigenvalue weighted by molar-refractivity contribution is -0.385. The van der Waals surface area contributed by atoms with Gasteiger partial charge in [0.1, 0.15) is 12.0 Å². The molecule has 92 valence electrons. The van der Waals surface area contributed by atoms with Crippen molar-refractivity contribution in [2.24, 2.45) is 0 Å². The van der Waals surface area contributed by atoms with Crippen LogP contribution in [0, 0.1) is 20.6 Å². The number of aryl methyl sites for hydroxylation is 1. The van der Waals surface area contributed by atoms with E-state index in [1.54, 1.807) is 6.07 Å². The predicted octanol–water partition coefficient (Wildman–Crippen LogP) is 3.65. The van der Waals surface area contributed by atoms with E-state index in [9.17, 15) is 10.1 Å². The monoisotopic (exact) mass is 355 g/mol. The van der Waals surface area contributed by atoms with E-state index in [-0.39, 0.29) is 5.69 Å². The van der Waals surface area contributed by atoms with Gasteiger partial charge in [-0.15, -0.1) is 0 Å². The van der Waals surface area contributed by atoms with E-state index in [1.165, 1.54) is 21.4 Å². The number of nitrogens with one attached hydrogen (secondary N) is 1. The van der Waals surface area contributed by atoms with Gasteiger partial charge in [-0.1, -0.05) is 0 Å². The molecule has 1 N–H and O–H groups in total. The van der Waals surface area contributed by atoms with E-state index in [4.69, 9.17) is 0 Å². The van der Waals surface area contributed by atoms with Gasteiger partial charge in [0.25, 0.3) is 5.69 Å². The summed E-state index contributed by atoms with van der Waals surface area (Å²) in [7, 11) is 0. The smallest absolute Gasteiger partial charge is 0.287 e. The molecule has 5 nitrogen and oxygen atoms in total. The molecule has 1 heterocycles. The molecule has 2 aromatic rings. The van der Waals surface area contributed by atoms with Crippen LogP contribution in [0.3, 0.4) is 0 Å².